The standard InChI is InChI=1S/C26H44O/c1-2-3-4-5-6-7-8-9-10-21-11-13-22(14-12-21)23-15-16-25-20-26(27)18-17-24(25)19-23/h21-23H,2-20H2,1H3. The molecule has 1 nitrogen and oxygen atoms in total. The Kier molecular flexibility index (Phi) is 8.94. The van der Waals surface area contributed by atoms with Crippen LogP contribution in [0.2, 0.25) is 0 Å². The van der Waals surface area contributed by atoms with Crippen molar-refractivity contribution >= 4 is 5.78 Å². The number of hydrogen-bond donors (Lipinski definition) is 0. The van der Waals surface area contributed by atoms with Gasteiger partial charge in [-0.1, -0.05) is 88.7 Å². The second-order valence-corrected chi connectivity index (χ2v) is 9.97. The molecule has 3 rings (SSSR count). The van der Waals surface area contributed by atoms with Crippen molar-refractivity contribution in [2.24, 2.45) is 17.8 Å². The van der Waals surface area contributed by atoms with Gasteiger partial charge in [0.25, 0.3) is 0 Å². The van der Waals surface area contributed by atoms with Crippen molar-refractivity contribution in [1.82, 2.24) is 0 Å². The Morgan fingerprint density at radius 2 is 1.41 bits per heavy atom. The Morgan fingerprint density at radius 1 is 0.704 bits per heavy atom. The molecule has 0 saturated heterocycles. The van der Waals surface area contributed by atoms with E-state index in [0.29, 0.717) is 5.78 Å². The topological polar surface area (TPSA) is 17.1 Å². The van der Waals surface area contributed by atoms with Crippen LogP contribution < -0.4 is 0 Å². The fourth-order valence-electron chi connectivity index (χ4n) is 6.13. The Balaban J connectivity index is 1.27. The van der Waals surface area contributed by atoms with Gasteiger partial charge in [-0.2, -0.15) is 0 Å². The average molecular weight is 373 g/mol. The summed E-state index contributed by atoms with van der Waals surface area (Å²) in [5.41, 5.74) is 3.25. The van der Waals surface area contributed by atoms with E-state index in [2.05, 4.69) is 6.92 Å². The number of carbonyl (C=O) groups excluding carboxylic acids is 1. The summed E-state index contributed by atoms with van der Waals surface area (Å²) in [6.07, 6.45) is 25.8. The molecule has 0 amide bonds. The van der Waals surface area contributed by atoms with Gasteiger partial charge < -0.3 is 0 Å². The van der Waals surface area contributed by atoms with E-state index in [0.717, 1.165) is 37.0 Å². The lowest BCUT2D eigenvalue weighted by atomic mass is 9.67. The van der Waals surface area contributed by atoms with Crippen LogP contribution in [-0.2, 0) is 4.79 Å². The summed E-state index contributed by atoms with van der Waals surface area (Å²) in [4.78, 5) is 11.7. The Bertz CT molecular complexity index is 480. The van der Waals surface area contributed by atoms with Gasteiger partial charge in [-0.05, 0) is 56.3 Å². The zero-order valence-electron chi connectivity index (χ0n) is 18.1. The smallest absolute Gasteiger partial charge is 0.137 e. The maximum absolute atomic E-state index is 11.7. The molecule has 27 heavy (non-hydrogen) atoms. The summed E-state index contributed by atoms with van der Waals surface area (Å²) in [7, 11) is 0. The van der Waals surface area contributed by atoms with Gasteiger partial charge in [-0.25, -0.2) is 0 Å². The molecule has 1 fully saturated rings. The average Bonchev–Trinajstić information content (AvgIpc) is 2.70. The number of rotatable bonds is 10. The summed E-state index contributed by atoms with van der Waals surface area (Å²) < 4.78 is 0. The van der Waals surface area contributed by atoms with Gasteiger partial charge in [-0.15, -0.1) is 0 Å². The molecule has 0 aromatic carbocycles. The molecule has 0 aliphatic heterocycles. The molecule has 1 unspecified atom stereocenters. The first-order valence-corrected chi connectivity index (χ1v) is 12.5. The molecule has 1 atom stereocenters. The van der Waals surface area contributed by atoms with Crippen LogP contribution in [0.1, 0.15) is 129 Å². The van der Waals surface area contributed by atoms with Crippen molar-refractivity contribution in [3.8, 4) is 0 Å². The summed E-state index contributed by atoms with van der Waals surface area (Å²) in [5.74, 6) is 3.47. The second-order valence-electron chi connectivity index (χ2n) is 9.97. The van der Waals surface area contributed by atoms with Crippen LogP contribution in [0.3, 0.4) is 0 Å². The van der Waals surface area contributed by atoms with Crippen molar-refractivity contribution < 1.29 is 4.79 Å². The largest absolute Gasteiger partial charge is 0.299 e. The number of Topliss-reactive ketones (excluding diaryl/α,β-unsaturated/α-hetero) is 1. The predicted molar refractivity (Wildman–Crippen MR) is 116 cm³/mol. The zero-order chi connectivity index (χ0) is 18.9. The third-order valence-corrected chi connectivity index (χ3v) is 7.97. The van der Waals surface area contributed by atoms with Crippen LogP contribution in [0.25, 0.3) is 0 Å². The SMILES string of the molecule is CCCCCCCCCCC1CCC(C2CCC3=C(CCC(=O)C3)C2)CC1. The highest BCUT2D eigenvalue weighted by atomic mass is 16.1. The molecule has 0 aromatic heterocycles. The third kappa shape index (κ3) is 6.75. The van der Waals surface area contributed by atoms with Crippen LogP contribution in [0.5, 0.6) is 0 Å². The monoisotopic (exact) mass is 372 g/mol. The van der Waals surface area contributed by atoms with Crippen LogP contribution in [0.4, 0.5) is 0 Å². The highest BCUT2D eigenvalue weighted by Gasteiger charge is 2.32. The molecular formula is C26H44O. The fraction of sp³-hybridized carbons (Fsp3) is 0.885. The molecule has 3 aliphatic carbocycles. The van der Waals surface area contributed by atoms with Crippen molar-refractivity contribution in [2.45, 2.75) is 129 Å². The number of allylic oxidation sites excluding steroid dienone is 2. The normalized spacial score (nSPS) is 29.1. The molecule has 3 aliphatic rings. The number of carbonyl (C=O) groups is 1. The number of ketones is 1. The zero-order valence-corrected chi connectivity index (χ0v) is 18.1. The van der Waals surface area contributed by atoms with E-state index in [-0.39, 0.29) is 0 Å². The minimum absolute atomic E-state index is 0.494. The maximum Gasteiger partial charge on any atom is 0.137 e. The molecule has 0 spiro atoms. The third-order valence-electron chi connectivity index (χ3n) is 7.97. The number of hydrogen-bond acceptors (Lipinski definition) is 1. The predicted octanol–water partition coefficient (Wildman–Crippen LogP) is 8.17. The van der Waals surface area contributed by atoms with Gasteiger partial charge in [0, 0.05) is 12.8 Å². The quantitative estimate of drug-likeness (QED) is 0.279. The van der Waals surface area contributed by atoms with Gasteiger partial charge in [0.1, 0.15) is 5.78 Å². The van der Waals surface area contributed by atoms with Crippen molar-refractivity contribution in [3.05, 3.63) is 11.1 Å². The first kappa shape index (κ1) is 21.1. The summed E-state index contributed by atoms with van der Waals surface area (Å²) in [5, 5.41) is 0. The molecular weight excluding hydrogens is 328 g/mol. The Morgan fingerprint density at radius 3 is 2.15 bits per heavy atom. The molecule has 1 heteroatoms. The summed E-state index contributed by atoms with van der Waals surface area (Å²) >= 11 is 0. The fourth-order valence-corrected chi connectivity index (χ4v) is 6.13. The van der Waals surface area contributed by atoms with Crippen LogP contribution in [-0.4, -0.2) is 5.78 Å². The molecule has 0 bridgehead atoms. The van der Waals surface area contributed by atoms with E-state index in [1.54, 1.807) is 11.1 Å². The lowest BCUT2D eigenvalue weighted by Crippen LogP contribution is -2.26. The van der Waals surface area contributed by atoms with E-state index in [4.69, 9.17) is 0 Å². The van der Waals surface area contributed by atoms with E-state index in [1.807, 2.05) is 0 Å². The maximum atomic E-state index is 11.7. The summed E-state index contributed by atoms with van der Waals surface area (Å²) in [6.45, 7) is 2.30. The molecule has 154 valence electrons. The highest BCUT2D eigenvalue weighted by molar-refractivity contribution is 5.82. The Hall–Kier alpha value is -0.590. The molecule has 0 radical (unpaired) electrons. The first-order chi connectivity index (χ1) is 13.3. The minimum atomic E-state index is 0.494. The molecule has 0 aromatic rings. The first-order valence-electron chi connectivity index (χ1n) is 12.5. The van der Waals surface area contributed by atoms with Gasteiger partial charge >= 0.3 is 0 Å². The highest BCUT2D eigenvalue weighted by Crippen LogP contribution is 2.45. The minimum Gasteiger partial charge on any atom is -0.299 e. The van der Waals surface area contributed by atoms with Gasteiger partial charge in [0.2, 0.25) is 0 Å². The van der Waals surface area contributed by atoms with Crippen molar-refractivity contribution in [2.75, 3.05) is 0 Å². The van der Waals surface area contributed by atoms with Crippen LogP contribution >= 0.6 is 0 Å². The van der Waals surface area contributed by atoms with E-state index >= 15 is 0 Å². The Labute approximate surface area is 168 Å². The van der Waals surface area contributed by atoms with Gasteiger partial charge in [0.15, 0.2) is 0 Å². The number of unbranched alkanes of at least 4 members (excludes halogenated alkanes) is 7. The molecule has 0 N–H and O–H groups in total. The van der Waals surface area contributed by atoms with E-state index < -0.39 is 0 Å². The van der Waals surface area contributed by atoms with Gasteiger partial charge in [-0.3, -0.25) is 4.79 Å². The lowest BCUT2D eigenvalue weighted by Gasteiger charge is -2.38. The van der Waals surface area contributed by atoms with Crippen molar-refractivity contribution in [3.63, 3.8) is 0 Å². The van der Waals surface area contributed by atoms with E-state index in [1.165, 1.54) is 103 Å². The van der Waals surface area contributed by atoms with Crippen LogP contribution in [0.15, 0.2) is 11.1 Å². The van der Waals surface area contributed by atoms with Crippen molar-refractivity contribution in [1.29, 1.82) is 0 Å². The van der Waals surface area contributed by atoms with Gasteiger partial charge in [0.05, 0.1) is 0 Å². The lowest BCUT2D eigenvalue weighted by molar-refractivity contribution is -0.118. The molecule has 0 heterocycles. The summed E-state index contributed by atoms with van der Waals surface area (Å²) in [6, 6.07) is 0. The van der Waals surface area contributed by atoms with E-state index in [9.17, 15) is 4.79 Å². The second kappa shape index (κ2) is 11.4. The molecule has 1 saturated carbocycles. The van der Waals surface area contributed by atoms with Crippen LogP contribution in [0, 0.1) is 17.8 Å².